The first-order chi connectivity index (χ1) is 13.1. The van der Waals surface area contributed by atoms with Gasteiger partial charge in [0.2, 0.25) is 0 Å². The molecule has 0 bridgehead atoms. The number of nitrogens with zero attached hydrogens (tertiary/aromatic N) is 3. The number of aromatic nitrogens is 3. The summed E-state index contributed by atoms with van der Waals surface area (Å²) in [5.41, 5.74) is 1.48. The van der Waals surface area contributed by atoms with E-state index in [4.69, 9.17) is 0 Å². The molecule has 0 aliphatic carbocycles. The van der Waals surface area contributed by atoms with Gasteiger partial charge in [0.15, 0.2) is 34.9 Å². The van der Waals surface area contributed by atoms with Crippen molar-refractivity contribution in [3.63, 3.8) is 0 Å². The molecule has 1 aromatic heterocycles. The van der Waals surface area contributed by atoms with Gasteiger partial charge in [-0.15, -0.1) is 0 Å². The molecule has 27 heavy (non-hydrogen) atoms. The van der Waals surface area contributed by atoms with E-state index in [-0.39, 0.29) is 11.4 Å². The van der Waals surface area contributed by atoms with Crippen molar-refractivity contribution in [1.82, 2.24) is 15.0 Å². The highest BCUT2D eigenvalue weighted by Crippen LogP contribution is 2.26. The van der Waals surface area contributed by atoms with Crippen molar-refractivity contribution in [3.8, 4) is 34.2 Å². The zero-order valence-corrected chi connectivity index (χ0v) is 13.9. The Balaban J connectivity index is 1.94. The maximum atomic E-state index is 13.7. The van der Waals surface area contributed by atoms with E-state index in [2.05, 4.69) is 15.0 Å². The molecule has 0 fully saturated rings. The number of benzene rings is 3. The average Bonchev–Trinajstić information content (AvgIpc) is 2.72. The summed E-state index contributed by atoms with van der Waals surface area (Å²) in [6.07, 6.45) is 0. The second kappa shape index (κ2) is 6.99. The normalized spacial score (nSPS) is 10.8. The summed E-state index contributed by atoms with van der Waals surface area (Å²) >= 11 is 0. The van der Waals surface area contributed by atoms with Crippen molar-refractivity contribution in [2.75, 3.05) is 0 Å². The molecule has 0 amide bonds. The lowest BCUT2D eigenvalue weighted by Crippen LogP contribution is -2.01. The van der Waals surface area contributed by atoms with E-state index in [0.717, 1.165) is 23.3 Å². The molecule has 4 rings (SSSR count). The highest BCUT2D eigenvalue weighted by Gasteiger charge is 2.16. The Morgan fingerprint density at radius 2 is 0.852 bits per heavy atom. The van der Waals surface area contributed by atoms with Crippen LogP contribution >= 0.6 is 0 Å². The molecule has 0 aliphatic heterocycles. The van der Waals surface area contributed by atoms with Gasteiger partial charge in [0.1, 0.15) is 0 Å². The van der Waals surface area contributed by atoms with Crippen molar-refractivity contribution in [3.05, 3.63) is 90.2 Å². The molecule has 0 radical (unpaired) electrons. The van der Waals surface area contributed by atoms with E-state index in [1.54, 1.807) is 0 Å². The number of rotatable bonds is 3. The molecule has 0 unspecified atom stereocenters. The molecule has 132 valence electrons. The van der Waals surface area contributed by atoms with Crippen LogP contribution in [0.1, 0.15) is 0 Å². The fourth-order valence-electron chi connectivity index (χ4n) is 2.62. The van der Waals surface area contributed by atoms with Gasteiger partial charge in [0, 0.05) is 16.7 Å². The molecule has 0 saturated carbocycles. The zero-order valence-electron chi connectivity index (χ0n) is 13.9. The Kier molecular flexibility index (Phi) is 4.38. The van der Waals surface area contributed by atoms with Crippen LogP contribution in [0.15, 0.2) is 72.8 Å². The van der Waals surface area contributed by atoms with Crippen molar-refractivity contribution in [1.29, 1.82) is 0 Å². The summed E-state index contributed by atoms with van der Waals surface area (Å²) in [4.78, 5) is 13.1. The first-order valence-electron chi connectivity index (χ1n) is 8.13. The maximum Gasteiger partial charge on any atom is 0.194 e. The molecular formula is C21H12F3N3. The fraction of sp³-hybridized carbons (Fsp3) is 0. The van der Waals surface area contributed by atoms with Gasteiger partial charge in [-0.1, -0.05) is 60.7 Å². The third-order valence-corrected chi connectivity index (χ3v) is 3.94. The number of hydrogen-bond donors (Lipinski definition) is 0. The minimum absolute atomic E-state index is 0.0307. The van der Waals surface area contributed by atoms with Gasteiger partial charge in [-0.05, 0) is 12.1 Å². The molecule has 1 heterocycles. The van der Waals surface area contributed by atoms with Crippen LogP contribution in [-0.4, -0.2) is 15.0 Å². The maximum absolute atomic E-state index is 13.7. The van der Waals surface area contributed by atoms with Crippen LogP contribution in [-0.2, 0) is 0 Å². The summed E-state index contributed by atoms with van der Waals surface area (Å²) in [5, 5.41) is 0. The van der Waals surface area contributed by atoms with Crippen LogP contribution in [0.4, 0.5) is 13.2 Å². The Morgan fingerprint density at radius 1 is 0.481 bits per heavy atom. The minimum atomic E-state index is -1.53. The van der Waals surface area contributed by atoms with Crippen molar-refractivity contribution >= 4 is 0 Å². The highest BCUT2D eigenvalue weighted by atomic mass is 19.2. The third kappa shape index (κ3) is 3.42. The molecule has 3 nitrogen and oxygen atoms in total. The smallest absolute Gasteiger partial charge is 0.194 e. The Hall–Kier alpha value is -3.54. The number of hydrogen-bond acceptors (Lipinski definition) is 3. The summed E-state index contributed by atoms with van der Waals surface area (Å²) in [6, 6.07) is 20.1. The van der Waals surface area contributed by atoms with Gasteiger partial charge >= 0.3 is 0 Å². The molecular weight excluding hydrogens is 351 g/mol. The topological polar surface area (TPSA) is 38.7 Å². The summed E-state index contributed by atoms with van der Waals surface area (Å²) < 4.78 is 40.7. The average molecular weight is 363 g/mol. The van der Waals surface area contributed by atoms with Crippen LogP contribution in [0, 0.1) is 17.5 Å². The quantitative estimate of drug-likeness (QED) is 0.464. The van der Waals surface area contributed by atoms with Crippen LogP contribution in [0.5, 0.6) is 0 Å². The lowest BCUT2D eigenvalue weighted by Gasteiger charge is -2.08. The second-order valence-electron chi connectivity index (χ2n) is 5.79. The van der Waals surface area contributed by atoms with Crippen molar-refractivity contribution in [2.24, 2.45) is 0 Å². The van der Waals surface area contributed by atoms with E-state index in [9.17, 15) is 13.2 Å². The van der Waals surface area contributed by atoms with Gasteiger partial charge in [0.25, 0.3) is 0 Å². The van der Waals surface area contributed by atoms with E-state index in [0.29, 0.717) is 11.6 Å². The Labute approximate surface area is 153 Å². The Bertz CT molecular complexity index is 1020. The van der Waals surface area contributed by atoms with E-state index >= 15 is 0 Å². The van der Waals surface area contributed by atoms with E-state index < -0.39 is 17.5 Å². The number of halogens is 3. The van der Waals surface area contributed by atoms with Gasteiger partial charge in [-0.25, -0.2) is 28.1 Å². The predicted molar refractivity (Wildman–Crippen MR) is 96.0 cm³/mol. The molecule has 0 atom stereocenters. The highest BCUT2D eigenvalue weighted by molar-refractivity contribution is 5.66. The molecule has 0 spiro atoms. The monoisotopic (exact) mass is 363 g/mol. The molecule has 0 aliphatic rings. The van der Waals surface area contributed by atoms with Crippen LogP contribution in [0.25, 0.3) is 34.2 Å². The van der Waals surface area contributed by atoms with Crippen molar-refractivity contribution in [2.45, 2.75) is 0 Å². The zero-order chi connectivity index (χ0) is 18.8. The van der Waals surface area contributed by atoms with Crippen LogP contribution < -0.4 is 0 Å². The molecule has 0 N–H and O–H groups in total. The predicted octanol–water partition coefficient (Wildman–Crippen LogP) is 5.29. The van der Waals surface area contributed by atoms with Gasteiger partial charge in [-0.3, -0.25) is 0 Å². The van der Waals surface area contributed by atoms with E-state index in [1.807, 2.05) is 60.7 Å². The lowest BCUT2D eigenvalue weighted by atomic mass is 10.1. The molecule has 0 saturated heterocycles. The Morgan fingerprint density at radius 3 is 1.26 bits per heavy atom. The lowest BCUT2D eigenvalue weighted by molar-refractivity contribution is 0.447. The summed E-state index contributed by atoms with van der Waals surface area (Å²) in [5.74, 6) is -3.37. The molecule has 3 aromatic carbocycles. The van der Waals surface area contributed by atoms with Gasteiger partial charge in [-0.2, -0.15) is 0 Å². The van der Waals surface area contributed by atoms with Crippen LogP contribution in [0.3, 0.4) is 0 Å². The summed E-state index contributed by atoms with van der Waals surface area (Å²) in [7, 11) is 0. The first kappa shape index (κ1) is 16.9. The van der Waals surface area contributed by atoms with Gasteiger partial charge in [0.05, 0.1) is 0 Å². The van der Waals surface area contributed by atoms with Crippen LogP contribution in [0.2, 0.25) is 0 Å². The van der Waals surface area contributed by atoms with E-state index in [1.165, 1.54) is 0 Å². The standard InChI is InChI=1S/C21H12F3N3/c22-16-11-15(12-17(23)18(16)24)21-26-19(13-7-3-1-4-8-13)25-20(27-21)14-9-5-2-6-10-14/h1-12H. The largest absolute Gasteiger partial charge is 0.208 e. The second-order valence-corrected chi connectivity index (χ2v) is 5.79. The molecule has 6 heteroatoms. The third-order valence-electron chi connectivity index (χ3n) is 3.94. The summed E-state index contributed by atoms with van der Waals surface area (Å²) in [6.45, 7) is 0. The minimum Gasteiger partial charge on any atom is -0.208 e. The first-order valence-corrected chi connectivity index (χ1v) is 8.13. The van der Waals surface area contributed by atoms with Crippen molar-refractivity contribution < 1.29 is 13.2 Å². The SMILES string of the molecule is Fc1cc(-c2nc(-c3ccccc3)nc(-c3ccccc3)n2)cc(F)c1F. The fourth-order valence-corrected chi connectivity index (χ4v) is 2.62. The van der Waals surface area contributed by atoms with Gasteiger partial charge < -0.3 is 0 Å². The molecule has 4 aromatic rings.